The van der Waals surface area contributed by atoms with Crippen LogP contribution in [0.25, 0.3) is 0 Å². The molecule has 0 unspecified atom stereocenters. The number of halogens is 2. The minimum Gasteiger partial charge on any atom is -0.543 e. The summed E-state index contributed by atoms with van der Waals surface area (Å²) in [4.78, 5) is 27.3. The van der Waals surface area contributed by atoms with Gasteiger partial charge in [-0.1, -0.05) is 27.7 Å². The molecule has 28 heteroatoms. The summed E-state index contributed by atoms with van der Waals surface area (Å²) in [5, 5.41) is 45.6. The first kappa shape index (κ1) is 62.9. The molecule has 0 bridgehead atoms. The molecule has 0 aliphatic carbocycles. The van der Waals surface area contributed by atoms with Crippen LogP contribution >= 0.6 is 0 Å². The molecule has 2 saturated heterocycles. The number of carbonyl (C=O) groups is 2. The van der Waals surface area contributed by atoms with Crippen molar-refractivity contribution in [3.05, 3.63) is 0 Å². The molecular weight excluding hydrogens is 861 g/mol. The molecular formula is C26H60Cl2N12Ni2O12. The normalized spacial score (nSPS) is 18.8. The number of carboxylic acid groups (broad SMARTS) is 2. The number of rotatable bonds is 4. The third-order valence-corrected chi connectivity index (χ3v) is 6.55. The van der Waals surface area contributed by atoms with Gasteiger partial charge in [0.25, 0.3) is 0 Å². The first-order valence-electron chi connectivity index (χ1n) is 16.6. The van der Waals surface area contributed by atoms with Crippen molar-refractivity contribution in [2.45, 2.75) is 27.7 Å². The third-order valence-electron chi connectivity index (χ3n) is 6.55. The molecule has 0 saturated carbocycles. The Morgan fingerprint density at radius 2 is 0.500 bits per heavy atom. The number of hydrogen-bond acceptors (Lipinski definition) is 24. The van der Waals surface area contributed by atoms with E-state index in [1.165, 1.54) is 0 Å². The van der Waals surface area contributed by atoms with Crippen LogP contribution < -0.4 is 90.0 Å². The van der Waals surface area contributed by atoms with Gasteiger partial charge in [0.05, 0.1) is 11.9 Å². The molecule has 0 radical (unpaired) electrons. The zero-order chi connectivity index (χ0) is 40.3. The van der Waals surface area contributed by atoms with Crippen molar-refractivity contribution in [1.82, 2.24) is 62.1 Å². The van der Waals surface area contributed by atoms with Gasteiger partial charge in [-0.3, -0.25) is 19.6 Å². The minimum absolute atomic E-state index is 0. The van der Waals surface area contributed by atoms with E-state index in [0.29, 0.717) is 0 Å². The molecule has 330 valence electrons. The molecule has 2 heterocycles. The average Bonchev–Trinajstić information content (AvgIpc) is 3.05. The molecule has 24 nitrogen and oxygen atoms in total. The molecule has 2 fully saturated rings. The fourth-order valence-electron chi connectivity index (χ4n) is 3.72. The van der Waals surface area contributed by atoms with E-state index in [1.54, 1.807) is 0 Å². The van der Waals surface area contributed by atoms with E-state index in [2.05, 4.69) is 89.8 Å². The summed E-state index contributed by atoms with van der Waals surface area (Å²) in [6.07, 6.45) is 0. The van der Waals surface area contributed by atoms with Crippen LogP contribution in [0.5, 0.6) is 0 Å². The Bertz CT molecular complexity index is 691. The Balaban J connectivity index is -0.000000207. The van der Waals surface area contributed by atoms with Crippen LogP contribution in [0.3, 0.4) is 0 Å². The average molecular weight is 921 g/mol. The second kappa shape index (κ2) is 42.3. The van der Waals surface area contributed by atoms with Gasteiger partial charge in [0.2, 0.25) is 0 Å². The summed E-state index contributed by atoms with van der Waals surface area (Å²) in [6.45, 7) is 28.8. The Morgan fingerprint density at radius 1 is 0.389 bits per heavy atom. The van der Waals surface area contributed by atoms with Gasteiger partial charge in [0.15, 0.2) is 0 Å². The number of carbonyl (C=O) groups excluding carboxylic acids is 2. The topological polar surface area (TPSA) is 374 Å². The largest absolute Gasteiger partial charge is 2.00 e. The first-order valence-corrected chi connectivity index (χ1v) is 19.0. The Morgan fingerprint density at radius 3 is 0.574 bits per heavy atom. The van der Waals surface area contributed by atoms with E-state index < -0.39 is 32.4 Å². The molecule has 0 aromatic heterocycles. The number of hydrogen-bond donors (Lipinski definition) is 8. The second-order valence-electron chi connectivity index (χ2n) is 10.5. The van der Waals surface area contributed by atoms with Crippen LogP contribution in [0.4, 0.5) is 0 Å². The number of carboxylic acids is 2. The second-order valence-corrected chi connectivity index (χ2v) is 12.1. The summed E-state index contributed by atoms with van der Waals surface area (Å²) in [7, 11) is -9.89. The molecule has 0 aromatic carbocycles. The summed E-state index contributed by atoms with van der Waals surface area (Å²) in [5.74, 6) is -4.37. The van der Waals surface area contributed by atoms with Gasteiger partial charge < -0.3 is 62.3 Å². The van der Waals surface area contributed by atoms with Gasteiger partial charge in [-0.05, 0) is 26.2 Å². The van der Waals surface area contributed by atoms with Gasteiger partial charge in [0, 0.05) is 106 Å². The molecule has 2 aliphatic rings. The monoisotopic (exact) mass is 918 g/mol. The van der Waals surface area contributed by atoms with E-state index in [1.807, 2.05) is 0 Å². The van der Waals surface area contributed by atoms with Crippen LogP contribution in [0.15, 0.2) is 0 Å². The molecule has 54 heavy (non-hydrogen) atoms. The SMILES string of the molecule is CCN1CNCCNCN(CC)CNCCNC1.CCN1CNCCNCN(CC)CNCCNC1.O=C([O-])C(=O)[O-].[Ni+2].[Ni+2].[O-][Cl+3]([O-])([O-])[O-].[O-][Cl+3]([O-])([O-])[O-]. The van der Waals surface area contributed by atoms with Crippen LogP contribution in [0.1, 0.15) is 27.7 Å². The van der Waals surface area contributed by atoms with Crippen molar-refractivity contribution in [2.24, 2.45) is 0 Å². The van der Waals surface area contributed by atoms with Crippen LogP contribution in [0, 0.1) is 20.5 Å². The van der Waals surface area contributed by atoms with Gasteiger partial charge in [-0.25, -0.2) is 37.3 Å². The molecule has 2 rings (SSSR count). The maximum atomic E-state index is 8.93. The van der Waals surface area contributed by atoms with Crippen molar-refractivity contribution in [3.63, 3.8) is 0 Å². The van der Waals surface area contributed by atoms with Crippen LogP contribution in [-0.4, -0.2) is 163 Å². The van der Waals surface area contributed by atoms with E-state index in [9.17, 15) is 0 Å². The number of aliphatic carboxylic acids is 2. The van der Waals surface area contributed by atoms with Crippen molar-refractivity contribution < 1.29 is 111 Å². The standard InChI is InChI=1S/2C12H30N6.C2H2O4.2ClHO4.2Ni/c2*1-3-17-9-13-5-7-15-11-18(4-2)12-16-8-6-14-10-17;3-1(4)2(5)6;2*2-1(3,4)5;;/h2*13-16H,3-12H2,1-2H3;(H,3,4)(H,5,6);2*(H,2,3,4,5);;/q;;;;;2*+2/p-4. The fourth-order valence-corrected chi connectivity index (χ4v) is 3.72. The number of nitrogens with zero attached hydrogens (tertiary/aromatic N) is 4. The predicted octanol–water partition coefficient (Wildman–Crippen LogP) is -15.4. The summed E-state index contributed by atoms with van der Waals surface area (Å²) in [5.41, 5.74) is 0. The zero-order valence-corrected chi connectivity index (χ0v) is 34.7. The molecule has 2 aliphatic heterocycles. The summed E-state index contributed by atoms with van der Waals surface area (Å²) in [6, 6.07) is 0. The van der Waals surface area contributed by atoms with E-state index >= 15 is 0 Å². The van der Waals surface area contributed by atoms with Crippen molar-refractivity contribution in [3.8, 4) is 0 Å². The summed E-state index contributed by atoms with van der Waals surface area (Å²) >= 11 is 0. The molecule has 0 aromatic rings. The molecule has 8 N–H and O–H groups in total. The minimum atomic E-state index is -4.94. The van der Waals surface area contributed by atoms with Crippen molar-refractivity contribution in [1.29, 1.82) is 0 Å². The van der Waals surface area contributed by atoms with Crippen LogP contribution in [-0.2, 0) is 42.6 Å². The van der Waals surface area contributed by atoms with Gasteiger partial charge in [-0.2, -0.15) is 0 Å². The van der Waals surface area contributed by atoms with Crippen molar-refractivity contribution >= 4 is 11.9 Å². The van der Waals surface area contributed by atoms with Crippen LogP contribution in [0.2, 0.25) is 0 Å². The first-order chi connectivity index (χ1) is 24.4. The Kier molecular flexibility index (Phi) is 49.3. The zero-order valence-electron chi connectivity index (χ0n) is 31.2. The quantitative estimate of drug-likeness (QED) is 0.0958. The molecule has 0 atom stereocenters. The molecule has 0 amide bonds. The smallest absolute Gasteiger partial charge is 0.543 e. The Labute approximate surface area is 343 Å². The Hall–Kier alpha value is -0.293. The fraction of sp³-hybridized carbons (Fsp3) is 0.923. The number of nitrogens with one attached hydrogen (secondary N) is 8. The van der Waals surface area contributed by atoms with Gasteiger partial charge >= 0.3 is 33.0 Å². The maximum Gasteiger partial charge on any atom is 2.00 e. The predicted molar refractivity (Wildman–Crippen MR) is 162 cm³/mol. The van der Waals surface area contributed by atoms with E-state index in [4.69, 9.17) is 57.1 Å². The molecule has 0 spiro atoms. The van der Waals surface area contributed by atoms with Crippen molar-refractivity contribution in [2.75, 3.05) is 132 Å². The van der Waals surface area contributed by atoms with E-state index in [0.717, 1.165) is 132 Å². The van der Waals surface area contributed by atoms with Gasteiger partial charge in [0.1, 0.15) is 0 Å². The third kappa shape index (κ3) is 58.4. The summed E-state index contributed by atoms with van der Waals surface area (Å²) < 4.78 is 67.9. The maximum absolute atomic E-state index is 8.93. The van der Waals surface area contributed by atoms with Gasteiger partial charge in [-0.15, -0.1) is 20.5 Å². The van der Waals surface area contributed by atoms with E-state index in [-0.39, 0.29) is 33.0 Å².